The van der Waals surface area contributed by atoms with Crippen molar-refractivity contribution >= 4 is 5.82 Å². The molecule has 1 aromatic rings. The fourth-order valence-corrected chi connectivity index (χ4v) is 1.78. The minimum atomic E-state index is 0.0980. The summed E-state index contributed by atoms with van der Waals surface area (Å²) in [6, 6.07) is 1.89. The Morgan fingerprint density at radius 1 is 1.57 bits per heavy atom. The molecule has 4 nitrogen and oxygen atoms in total. The van der Waals surface area contributed by atoms with Crippen LogP contribution in [-0.2, 0) is 0 Å². The molecular weight excluding hydrogens is 176 g/mol. The van der Waals surface area contributed by atoms with Crippen LogP contribution in [-0.4, -0.2) is 22.1 Å². The summed E-state index contributed by atoms with van der Waals surface area (Å²) in [6.07, 6.45) is 5.32. The third-order valence-corrected chi connectivity index (χ3v) is 2.87. The molecule has 0 aromatic carbocycles. The molecule has 3 N–H and O–H groups in total. The predicted molar refractivity (Wildman–Crippen MR) is 56.0 cm³/mol. The van der Waals surface area contributed by atoms with Crippen LogP contribution < -0.4 is 11.1 Å². The number of hydrogen-bond donors (Lipinski definition) is 2. The molecule has 4 heteroatoms. The number of nitrogens with one attached hydrogen (secondary N) is 1. The Kier molecular flexibility index (Phi) is 2.37. The zero-order valence-electron chi connectivity index (χ0n) is 8.45. The van der Waals surface area contributed by atoms with Gasteiger partial charge in [-0.15, -0.1) is 0 Å². The Bertz CT molecular complexity index is 314. The van der Waals surface area contributed by atoms with Crippen LogP contribution in [0.25, 0.3) is 0 Å². The van der Waals surface area contributed by atoms with Gasteiger partial charge in [0.2, 0.25) is 0 Å². The smallest absolute Gasteiger partial charge is 0.130 e. The van der Waals surface area contributed by atoms with Gasteiger partial charge in [0.1, 0.15) is 11.6 Å². The molecule has 0 spiro atoms. The molecule has 1 aliphatic carbocycles. The SMILES string of the molecule is Cc1nccc(NC2(CN)CCC2)n1. The van der Waals surface area contributed by atoms with E-state index in [9.17, 15) is 0 Å². The van der Waals surface area contributed by atoms with Gasteiger partial charge >= 0.3 is 0 Å². The lowest BCUT2D eigenvalue weighted by Gasteiger charge is -2.42. The molecule has 0 radical (unpaired) electrons. The molecular formula is C10H16N4. The molecule has 1 aromatic heterocycles. The van der Waals surface area contributed by atoms with Crippen LogP contribution in [0.15, 0.2) is 12.3 Å². The molecule has 0 saturated heterocycles. The monoisotopic (exact) mass is 192 g/mol. The molecule has 14 heavy (non-hydrogen) atoms. The average Bonchev–Trinajstić information content (AvgIpc) is 2.11. The van der Waals surface area contributed by atoms with Crippen LogP contribution in [0.4, 0.5) is 5.82 Å². The molecule has 0 bridgehead atoms. The van der Waals surface area contributed by atoms with E-state index in [0.717, 1.165) is 24.5 Å². The third-order valence-electron chi connectivity index (χ3n) is 2.87. The van der Waals surface area contributed by atoms with Gasteiger partial charge in [0.15, 0.2) is 0 Å². The Morgan fingerprint density at radius 3 is 2.86 bits per heavy atom. The third kappa shape index (κ3) is 1.70. The summed E-state index contributed by atoms with van der Waals surface area (Å²) >= 11 is 0. The largest absolute Gasteiger partial charge is 0.363 e. The van der Waals surface area contributed by atoms with Gasteiger partial charge in [0.25, 0.3) is 0 Å². The maximum Gasteiger partial charge on any atom is 0.130 e. The number of rotatable bonds is 3. The van der Waals surface area contributed by atoms with Crippen molar-refractivity contribution in [3.63, 3.8) is 0 Å². The van der Waals surface area contributed by atoms with Gasteiger partial charge in [-0.25, -0.2) is 9.97 Å². The molecule has 76 valence electrons. The Hall–Kier alpha value is -1.16. The highest BCUT2D eigenvalue weighted by atomic mass is 15.1. The van der Waals surface area contributed by atoms with Crippen molar-refractivity contribution in [3.8, 4) is 0 Å². The van der Waals surface area contributed by atoms with Gasteiger partial charge in [0, 0.05) is 12.7 Å². The van der Waals surface area contributed by atoms with Crippen molar-refractivity contribution in [2.24, 2.45) is 5.73 Å². The van der Waals surface area contributed by atoms with E-state index in [-0.39, 0.29) is 5.54 Å². The van der Waals surface area contributed by atoms with Gasteiger partial charge in [-0.3, -0.25) is 0 Å². The lowest BCUT2D eigenvalue weighted by atomic mass is 9.77. The molecule has 1 aliphatic rings. The summed E-state index contributed by atoms with van der Waals surface area (Å²) in [7, 11) is 0. The minimum absolute atomic E-state index is 0.0980. The van der Waals surface area contributed by atoms with Crippen molar-refractivity contribution in [2.45, 2.75) is 31.7 Å². The number of nitrogens with two attached hydrogens (primary N) is 1. The van der Waals surface area contributed by atoms with Gasteiger partial charge in [-0.2, -0.15) is 0 Å². The first-order valence-corrected chi connectivity index (χ1v) is 5.02. The molecule has 1 heterocycles. The second kappa shape index (κ2) is 3.53. The summed E-state index contributed by atoms with van der Waals surface area (Å²) in [6.45, 7) is 2.57. The number of aromatic nitrogens is 2. The van der Waals surface area contributed by atoms with E-state index >= 15 is 0 Å². The minimum Gasteiger partial charge on any atom is -0.363 e. The van der Waals surface area contributed by atoms with Gasteiger partial charge in [0.05, 0.1) is 5.54 Å². The number of hydrogen-bond acceptors (Lipinski definition) is 4. The Morgan fingerprint density at radius 2 is 2.36 bits per heavy atom. The summed E-state index contributed by atoms with van der Waals surface area (Å²) in [5, 5.41) is 3.41. The highest BCUT2D eigenvalue weighted by Gasteiger charge is 2.35. The van der Waals surface area contributed by atoms with Crippen LogP contribution in [0.2, 0.25) is 0 Å². The summed E-state index contributed by atoms with van der Waals surface area (Å²) < 4.78 is 0. The van der Waals surface area contributed by atoms with Crippen molar-refractivity contribution in [2.75, 3.05) is 11.9 Å². The highest BCUT2D eigenvalue weighted by Crippen LogP contribution is 2.33. The predicted octanol–water partition coefficient (Wildman–Crippen LogP) is 1.08. The molecule has 0 aliphatic heterocycles. The summed E-state index contributed by atoms with van der Waals surface area (Å²) in [4.78, 5) is 8.37. The first kappa shape index (κ1) is 9.40. The standard InChI is InChI=1S/C10H16N4/c1-8-12-6-3-9(13-8)14-10(7-11)4-2-5-10/h3,6H,2,4-5,7,11H2,1H3,(H,12,13,14). The van der Waals surface area contributed by atoms with Crippen LogP contribution in [0.3, 0.4) is 0 Å². The average molecular weight is 192 g/mol. The van der Waals surface area contributed by atoms with Crippen molar-refractivity contribution in [3.05, 3.63) is 18.1 Å². The number of nitrogens with zero attached hydrogens (tertiary/aromatic N) is 2. The van der Waals surface area contributed by atoms with Crippen LogP contribution >= 0.6 is 0 Å². The highest BCUT2D eigenvalue weighted by molar-refractivity contribution is 5.38. The van der Waals surface area contributed by atoms with Crippen LogP contribution in [0.1, 0.15) is 25.1 Å². The zero-order valence-corrected chi connectivity index (χ0v) is 8.45. The van der Waals surface area contributed by atoms with Gasteiger partial charge in [-0.1, -0.05) is 0 Å². The molecule has 1 saturated carbocycles. The van der Waals surface area contributed by atoms with E-state index in [4.69, 9.17) is 5.73 Å². The lowest BCUT2D eigenvalue weighted by Crippen LogP contribution is -2.51. The first-order valence-electron chi connectivity index (χ1n) is 5.02. The summed E-state index contributed by atoms with van der Waals surface area (Å²) in [5.74, 6) is 1.68. The van der Waals surface area contributed by atoms with Crippen LogP contribution in [0, 0.1) is 6.92 Å². The maximum absolute atomic E-state index is 5.75. The zero-order chi connectivity index (χ0) is 10.0. The Balaban J connectivity index is 2.09. The van der Waals surface area contributed by atoms with E-state index in [1.165, 1.54) is 6.42 Å². The molecule has 1 fully saturated rings. The van der Waals surface area contributed by atoms with E-state index in [1.807, 2.05) is 13.0 Å². The fraction of sp³-hybridized carbons (Fsp3) is 0.600. The van der Waals surface area contributed by atoms with Crippen molar-refractivity contribution in [1.82, 2.24) is 9.97 Å². The van der Waals surface area contributed by atoms with Crippen molar-refractivity contribution < 1.29 is 0 Å². The van der Waals surface area contributed by atoms with E-state index in [2.05, 4.69) is 15.3 Å². The van der Waals surface area contributed by atoms with Crippen molar-refractivity contribution in [1.29, 1.82) is 0 Å². The first-order chi connectivity index (χ1) is 6.74. The molecule has 2 rings (SSSR count). The topological polar surface area (TPSA) is 63.8 Å². The molecule has 0 unspecified atom stereocenters. The van der Waals surface area contributed by atoms with Gasteiger partial charge < -0.3 is 11.1 Å². The second-order valence-corrected chi connectivity index (χ2v) is 3.95. The fourth-order valence-electron chi connectivity index (χ4n) is 1.78. The molecule has 0 atom stereocenters. The van der Waals surface area contributed by atoms with Gasteiger partial charge in [-0.05, 0) is 32.3 Å². The van der Waals surface area contributed by atoms with Crippen LogP contribution in [0.5, 0.6) is 0 Å². The maximum atomic E-state index is 5.75. The lowest BCUT2D eigenvalue weighted by molar-refractivity contribution is 0.286. The second-order valence-electron chi connectivity index (χ2n) is 3.95. The number of anilines is 1. The van der Waals surface area contributed by atoms with E-state index < -0.39 is 0 Å². The number of aryl methyl sites for hydroxylation is 1. The quantitative estimate of drug-likeness (QED) is 0.752. The normalized spacial score (nSPS) is 18.7. The summed E-state index contributed by atoms with van der Waals surface area (Å²) in [5.41, 5.74) is 5.85. The Labute approximate surface area is 83.9 Å². The van der Waals surface area contributed by atoms with E-state index in [0.29, 0.717) is 6.54 Å². The molecule has 0 amide bonds. The van der Waals surface area contributed by atoms with E-state index in [1.54, 1.807) is 6.20 Å².